The molecule has 1 aliphatic rings. The highest BCUT2D eigenvalue weighted by Gasteiger charge is 2.27. The molecule has 1 fully saturated rings. The van der Waals surface area contributed by atoms with Crippen LogP contribution in [0.2, 0.25) is 0 Å². The maximum absolute atomic E-state index is 13.3. The van der Waals surface area contributed by atoms with Crippen LogP contribution in [0.4, 0.5) is 4.39 Å². The molecular formula is C11H14FNO2. The Kier molecular flexibility index (Phi) is 2.77. The maximum Gasteiger partial charge on any atom is 0.168 e. The van der Waals surface area contributed by atoms with Crippen molar-refractivity contribution in [2.45, 2.75) is 25.0 Å². The van der Waals surface area contributed by atoms with Crippen molar-refractivity contribution < 1.29 is 13.9 Å². The molecule has 15 heavy (non-hydrogen) atoms. The highest BCUT2D eigenvalue weighted by atomic mass is 19.1. The molecule has 0 aliphatic heterocycles. The highest BCUT2D eigenvalue weighted by molar-refractivity contribution is 5.33. The van der Waals surface area contributed by atoms with Gasteiger partial charge in [-0.25, -0.2) is 4.39 Å². The molecule has 2 N–H and O–H groups in total. The van der Waals surface area contributed by atoms with Gasteiger partial charge in [-0.15, -0.1) is 0 Å². The molecule has 0 spiro atoms. The number of methoxy groups -OCH3 is 1. The lowest BCUT2D eigenvalue weighted by atomic mass is 9.90. The molecule has 0 atom stereocenters. The molecular weight excluding hydrogens is 197 g/mol. The number of ether oxygens (including phenoxy) is 2. The average molecular weight is 211 g/mol. The topological polar surface area (TPSA) is 44.5 Å². The van der Waals surface area contributed by atoms with Gasteiger partial charge in [-0.2, -0.15) is 0 Å². The fraction of sp³-hybridized carbons (Fsp3) is 0.455. The summed E-state index contributed by atoms with van der Waals surface area (Å²) in [6.45, 7) is 0. The number of hydrogen-bond donors (Lipinski definition) is 1. The monoisotopic (exact) mass is 211 g/mol. The number of rotatable bonds is 3. The minimum absolute atomic E-state index is 0.132. The molecule has 0 unspecified atom stereocenters. The second-order valence-corrected chi connectivity index (χ2v) is 3.77. The zero-order valence-electron chi connectivity index (χ0n) is 8.57. The Morgan fingerprint density at radius 2 is 2.13 bits per heavy atom. The summed E-state index contributed by atoms with van der Waals surface area (Å²) in [7, 11) is 1.43. The van der Waals surface area contributed by atoms with E-state index in [0.29, 0.717) is 5.75 Å². The predicted octanol–water partition coefficient (Wildman–Crippen LogP) is 1.70. The Morgan fingerprint density at radius 1 is 1.40 bits per heavy atom. The Hall–Kier alpha value is -1.29. The molecule has 82 valence electrons. The number of nitrogens with two attached hydrogens (primary N) is 1. The Morgan fingerprint density at radius 3 is 2.67 bits per heavy atom. The summed E-state index contributed by atoms with van der Waals surface area (Å²) in [6.07, 6.45) is 1.81. The second kappa shape index (κ2) is 4.06. The summed E-state index contributed by atoms with van der Waals surface area (Å²) in [5.74, 6) is 0.358. The van der Waals surface area contributed by atoms with E-state index in [9.17, 15) is 4.39 Å². The number of benzene rings is 1. The van der Waals surface area contributed by atoms with E-state index in [1.54, 1.807) is 12.1 Å². The summed E-state index contributed by atoms with van der Waals surface area (Å²) in [4.78, 5) is 0. The maximum atomic E-state index is 13.3. The van der Waals surface area contributed by atoms with Gasteiger partial charge in [-0.05, 0) is 25.0 Å². The van der Waals surface area contributed by atoms with Crippen LogP contribution in [0, 0.1) is 5.82 Å². The molecule has 4 heteroatoms. The van der Waals surface area contributed by atoms with E-state index in [4.69, 9.17) is 15.2 Å². The van der Waals surface area contributed by atoms with Gasteiger partial charge in [-0.3, -0.25) is 0 Å². The van der Waals surface area contributed by atoms with Gasteiger partial charge >= 0.3 is 0 Å². The van der Waals surface area contributed by atoms with Crippen molar-refractivity contribution in [3.8, 4) is 11.5 Å². The van der Waals surface area contributed by atoms with E-state index in [1.165, 1.54) is 13.2 Å². The average Bonchev–Trinajstić information content (AvgIpc) is 2.16. The smallest absolute Gasteiger partial charge is 0.168 e. The molecule has 1 aromatic rings. The van der Waals surface area contributed by atoms with Crippen LogP contribution in [0.5, 0.6) is 11.5 Å². The number of halogens is 1. The lowest BCUT2D eigenvalue weighted by molar-refractivity contribution is 0.100. The zero-order chi connectivity index (χ0) is 10.8. The van der Waals surface area contributed by atoms with Crippen LogP contribution in [0.1, 0.15) is 12.8 Å². The van der Waals surface area contributed by atoms with Crippen LogP contribution in [0.3, 0.4) is 0 Å². The first-order valence-corrected chi connectivity index (χ1v) is 4.95. The molecule has 1 aromatic carbocycles. The molecule has 0 saturated heterocycles. The molecule has 0 heterocycles. The Balaban J connectivity index is 2.00. The van der Waals surface area contributed by atoms with Crippen molar-refractivity contribution in [3.05, 3.63) is 24.0 Å². The molecule has 1 aliphatic carbocycles. The molecule has 0 aromatic heterocycles. The van der Waals surface area contributed by atoms with E-state index >= 15 is 0 Å². The quantitative estimate of drug-likeness (QED) is 0.827. The van der Waals surface area contributed by atoms with Gasteiger partial charge < -0.3 is 15.2 Å². The fourth-order valence-electron chi connectivity index (χ4n) is 1.62. The molecule has 3 nitrogen and oxygen atoms in total. The van der Waals surface area contributed by atoms with Crippen LogP contribution in [0.15, 0.2) is 18.2 Å². The van der Waals surface area contributed by atoms with Gasteiger partial charge in [0.2, 0.25) is 0 Å². The van der Waals surface area contributed by atoms with Gasteiger partial charge in [0.15, 0.2) is 11.6 Å². The van der Waals surface area contributed by atoms with Gasteiger partial charge in [-0.1, -0.05) is 0 Å². The third-order valence-electron chi connectivity index (χ3n) is 2.56. The normalized spacial score (nSPS) is 24.5. The van der Waals surface area contributed by atoms with Crippen LogP contribution < -0.4 is 15.2 Å². The van der Waals surface area contributed by atoms with Crippen LogP contribution in [0.25, 0.3) is 0 Å². The molecule has 2 rings (SSSR count). The highest BCUT2D eigenvalue weighted by Crippen LogP contribution is 2.27. The first-order chi connectivity index (χ1) is 7.19. The zero-order valence-corrected chi connectivity index (χ0v) is 8.57. The molecule has 0 bridgehead atoms. The van der Waals surface area contributed by atoms with Crippen molar-refractivity contribution in [2.75, 3.05) is 7.11 Å². The van der Waals surface area contributed by atoms with E-state index in [0.717, 1.165) is 12.8 Å². The van der Waals surface area contributed by atoms with E-state index in [-0.39, 0.29) is 17.9 Å². The second-order valence-electron chi connectivity index (χ2n) is 3.77. The van der Waals surface area contributed by atoms with E-state index in [2.05, 4.69) is 0 Å². The lowest BCUT2D eigenvalue weighted by Crippen LogP contribution is -2.43. The first kappa shape index (κ1) is 10.2. The van der Waals surface area contributed by atoms with Crippen molar-refractivity contribution in [1.82, 2.24) is 0 Å². The van der Waals surface area contributed by atoms with Crippen molar-refractivity contribution in [1.29, 1.82) is 0 Å². The third-order valence-corrected chi connectivity index (χ3v) is 2.56. The summed E-state index contributed by atoms with van der Waals surface area (Å²) in [6, 6.07) is 4.83. The molecule has 1 saturated carbocycles. The summed E-state index contributed by atoms with van der Waals surface area (Å²) in [5, 5.41) is 0. The lowest BCUT2D eigenvalue weighted by Gasteiger charge is -2.32. The van der Waals surface area contributed by atoms with Crippen molar-refractivity contribution >= 4 is 0 Å². The minimum atomic E-state index is -0.404. The summed E-state index contributed by atoms with van der Waals surface area (Å²) >= 11 is 0. The van der Waals surface area contributed by atoms with E-state index in [1.807, 2.05) is 0 Å². The molecule has 0 amide bonds. The molecule has 0 radical (unpaired) electrons. The van der Waals surface area contributed by atoms with Crippen LogP contribution in [-0.2, 0) is 0 Å². The predicted molar refractivity (Wildman–Crippen MR) is 54.6 cm³/mol. The van der Waals surface area contributed by atoms with Crippen molar-refractivity contribution in [3.63, 3.8) is 0 Å². The largest absolute Gasteiger partial charge is 0.494 e. The Labute approximate surface area is 88.0 Å². The summed E-state index contributed by atoms with van der Waals surface area (Å²) in [5.41, 5.74) is 5.62. The summed E-state index contributed by atoms with van der Waals surface area (Å²) < 4.78 is 23.6. The fourth-order valence-corrected chi connectivity index (χ4v) is 1.62. The first-order valence-electron chi connectivity index (χ1n) is 4.95. The standard InChI is InChI=1S/C11H14FNO2/c1-14-11-3-2-8(6-10(11)12)15-9-4-7(13)5-9/h2-3,6-7,9H,4-5,13H2,1H3. The van der Waals surface area contributed by atoms with Gasteiger partial charge in [0.05, 0.1) is 7.11 Å². The number of hydrogen-bond acceptors (Lipinski definition) is 3. The van der Waals surface area contributed by atoms with E-state index < -0.39 is 5.82 Å². The van der Waals surface area contributed by atoms with Crippen LogP contribution in [-0.4, -0.2) is 19.3 Å². The van der Waals surface area contributed by atoms with Gasteiger partial charge in [0.25, 0.3) is 0 Å². The SMILES string of the molecule is COc1ccc(OC2CC(N)C2)cc1F. The minimum Gasteiger partial charge on any atom is -0.494 e. The Bertz CT molecular complexity index is 350. The third kappa shape index (κ3) is 2.21. The van der Waals surface area contributed by atoms with Crippen molar-refractivity contribution in [2.24, 2.45) is 5.73 Å². The van der Waals surface area contributed by atoms with Crippen LogP contribution >= 0.6 is 0 Å². The van der Waals surface area contributed by atoms with Gasteiger partial charge in [0.1, 0.15) is 11.9 Å². The van der Waals surface area contributed by atoms with Gasteiger partial charge in [0, 0.05) is 12.1 Å².